The molecule has 0 bridgehead atoms. The van der Waals surface area contributed by atoms with Gasteiger partial charge in [-0.25, -0.2) is 8.42 Å². The molecular formula is C11H15N3O2S. The Hall–Kier alpha value is -1.58. The van der Waals surface area contributed by atoms with Crippen molar-refractivity contribution in [3.63, 3.8) is 0 Å². The molecule has 1 atom stereocenters. The second-order valence-electron chi connectivity index (χ2n) is 3.89. The molecule has 0 fully saturated rings. The number of nitrogen functional groups attached to an aromatic ring is 1. The zero-order chi connectivity index (χ0) is 13.1. The maximum atomic E-state index is 12.1. The van der Waals surface area contributed by atoms with Crippen LogP contribution in [0.4, 0.5) is 5.69 Å². The summed E-state index contributed by atoms with van der Waals surface area (Å²) in [6, 6.07) is 8.10. The molecule has 1 rings (SSSR count). The van der Waals surface area contributed by atoms with Gasteiger partial charge in [0.25, 0.3) is 0 Å². The number of nitrogens with zero attached hydrogens (tertiary/aromatic N) is 2. The van der Waals surface area contributed by atoms with Crippen molar-refractivity contribution in [3.8, 4) is 6.07 Å². The molecule has 0 aromatic heterocycles. The van der Waals surface area contributed by atoms with Crippen molar-refractivity contribution in [1.82, 2.24) is 4.31 Å². The molecule has 0 saturated carbocycles. The Balaban J connectivity index is 3.00. The molecule has 92 valence electrons. The third-order valence-corrected chi connectivity index (χ3v) is 4.14. The van der Waals surface area contributed by atoms with Crippen LogP contribution in [0.3, 0.4) is 0 Å². The molecular weight excluding hydrogens is 238 g/mol. The van der Waals surface area contributed by atoms with Gasteiger partial charge in [-0.3, -0.25) is 0 Å². The van der Waals surface area contributed by atoms with E-state index in [-0.39, 0.29) is 17.4 Å². The Bertz CT molecular complexity index is 534. The molecule has 5 nitrogen and oxygen atoms in total. The van der Waals surface area contributed by atoms with Gasteiger partial charge in [-0.1, -0.05) is 6.07 Å². The van der Waals surface area contributed by atoms with E-state index < -0.39 is 10.0 Å². The third-order valence-electron chi connectivity index (χ3n) is 2.32. The lowest BCUT2D eigenvalue weighted by molar-refractivity contribution is 0.439. The Morgan fingerprint density at radius 1 is 1.53 bits per heavy atom. The van der Waals surface area contributed by atoms with Gasteiger partial charge in [0.2, 0.25) is 10.0 Å². The number of rotatable bonds is 4. The molecule has 0 saturated heterocycles. The van der Waals surface area contributed by atoms with Crippen LogP contribution in [-0.2, 0) is 10.0 Å². The standard InChI is InChI=1S/C11H15N3O2S/c1-9(7-12)8-14(2)17(15,16)11-5-3-4-10(13)6-11/h3-6,9H,8,13H2,1-2H3. The molecule has 1 unspecified atom stereocenters. The number of nitriles is 1. The number of hydrogen-bond donors (Lipinski definition) is 1. The van der Waals surface area contributed by atoms with Crippen LogP contribution in [0.15, 0.2) is 29.2 Å². The molecule has 0 heterocycles. The van der Waals surface area contributed by atoms with E-state index in [4.69, 9.17) is 11.0 Å². The van der Waals surface area contributed by atoms with Crippen molar-refractivity contribution in [2.24, 2.45) is 5.92 Å². The van der Waals surface area contributed by atoms with E-state index in [0.29, 0.717) is 5.69 Å². The molecule has 0 aliphatic heterocycles. The minimum Gasteiger partial charge on any atom is -0.399 e. The predicted octanol–water partition coefficient (Wildman–Crippen LogP) is 1.05. The SMILES string of the molecule is CC(C#N)CN(C)S(=O)(=O)c1cccc(N)c1. The van der Waals surface area contributed by atoms with Crippen molar-refractivity contribution in [3.05, 3.63) is 24.3 Å². The van der Waals surface area contributed by atoms with Gasteiger partial charge in [-0.05, 0) is 25.1 Å². The van der Waals surface area contributed by atoms with E-state index in [1.807, 2.05) is 6.07 Å². The minimum atomic E-state index is -3.56. The summed E-state index contributed by atoms with van der Waals surface area (Å²) in [5.74, 6) is -0.351. The second-order valence-corrected chi connectivity index (χ2v) is 5.93. The lowest BCUT2D eigenvalue weighted by atomic mass is 10.2. The predicted molar refractivity (Wildman–Crippen MR) is 65.4 cm³/mol. The van der Waals surface area contributed by atoms with E-state index in [1.165, 1.54) is 19.2 Å². The number of anilines is 1. The van der Waals surface area contributed by atoms with Crippen LogP contribution in [0, 0.1) is 17.2 Å². The second kappa shape index (κ2) is 5.17. The van der Waals surface area contributed by atoms with E-state index in [9.17, 15) is 8.42 Å². The molecule has 0 amide bonds. The topological polar surface area (TPSA) is 87.2 Å². The van der Waals surface area contributed by atoms with Gasteiger partial charge >= 0.3 is 0 Å². The fourth-order valence-electron chi connectivity index (χ4n) is 1.38. The molecule has 0 radical (unpaired) electrons. The average Bonchev–Trinajstić information content (AvgIpc) is 2.28. The van der Waals surface area contributed by atoms with Crippen LogP contribution >= 0.6 is 0 Å². The summed E-state index contributed by atoms with van der Waals surface area (Å²) in [4.78, 5) is 0.144. The van der Waals surface area contributed by atoms with E-state index in [2.05, 4.69) is 0 Å². The molecule has 0 aliphatic rings. The number of benzene rings is 1. The van der Waals surface area contributed by atoms with E-state index in [0.717, 1.165) is 4.31 Å². The smallest absolute Gasteiger partial charge is 0.242 e. The maximum absolute atomic E-state index is 12.1. The first-order chi connectivity index (χ1) is 7.87. The van der Waals surface area contributed by atoms with Gasteiger partial charge in [0.1, 0.15) is 0 Å². The van der Waals surface area contributed by atoms with Gasteiger partial charge in [-0.2, -0.15) is 9.57 Å². The maximum Gasteiger partial charge on any atom is 0.242 e. The number of hydrogen-bond acceptors (Lipinski definition) is 4. The van der Waals surface area contributed by atoms with Gasteiger partial charge in [-0.15, -0.1) is 0 Å². The first kappa shape index (κ1) is 13.5. The first-order valence-electron chi connectivity index (χ1n) is 5.09. The molecule has 2 N–H and O–H groups in total. The van der Waals surface area contributed by atoms with Crippen LogP contribution in [0.5, 0.6) is 0 Å². The summed E-state index contributed by atoms with van der Waals surface area (Å²) in [5.41, 5.74) is 5.94. The van der Waals surface area contributed by atoms with Crippen molar-refractivity contribution < 1.29 is 8.42 Å². The van der Waals surface area contributed by atoms with Gasteiger partial charge in [0.15, 0.2) is 0 Å². The first-order valence-corrected chi connectivity index (χ1v) is 6.53. The summed E-state index contributed by atoms with van der Waals surface area (Å²) in [5, 5.41) is 8.67. The number of nitrogens with two attached hydrogens (primary N) is 1. The fraction of sp³-hybridized carbons (Fsp3) is 0.364. The van der Waals surface area contributed by atoms with Crippen LogP contribution < -0.4 is 5.73 Å². The van der Waals surface area contributed by atoms with Crippen LogP contribution in [0.25, 0.3) is 0 Å². The lowest BCUT2D eigenvalue weighted by Crippen LogP contribution is -2.30. The highest BCUT2D eigenvalue weighted by Gasteiger charge is 2.22. The quantitative estimate of drug-likeness (QED) is 0.812. The Morgan fingerprint density at radius 3 is 2.71 bits per heavy atom. The molecule has 0 aliphatic carbocycles. The Labute approximate surface area is 102 Å². The van der Waals surface area contributed by atoms with E-state index >= 15 is 0 Å². The van der Waals surface area contributed by atoms with Crippen molar-refractivity contribution in [1.29, 1.82) is 5.26 Å². The largest absolute Gasteiger partial charge is 0.399 e. The van der Waals surface area contributed by atoms with Crippen molar-refractivity contribution in [2.45, 2.75) is 11.8 Å². The minimum absolute atomic E-state index is 0.144. The van der Waals surface area contributed by atoms with E-state index in [1.54, 1.807) is 19.1 Å². The zero-order valence-corrected chi connectivity index (χ0v) is 10.6. The van der Waals surface area contributed by atoms with Crippen LogP contribution in [0.1, 0.15) is 6.92 Å². The van der Waals surface area contributed by atoms with Crippen LogP contribution in [-0.4, -0.2) is 26.3 Å². The van der Waals surface area contributed by atoms with Gasteiger partial charge < -0.3 is 5.73 Å². The molecule has 17 heavy (non-hydrogen) atoms. The summed E-state index contributed by atoms with van der Waals surface area (Å²) in [6.45, 7) is 1.83. The van der Waals surface area contributed by atoms with Gasteiger partial charge in [0, 0.05) is 19.3 Å². The molecule has 0 spiro atoms. The van der Waals surface area contributed by atoms with Crippen molar-refractivity contribution in [2.75, 3.05) is 19.3 Å². The normalized spacial score (nSPS) is 13.3. The summed E-state index contributed by atoms with van der Waals surface area (Å²) in [6.07, 6.45) is 0. The van der Waals surface area contributed by atoms with Crippen molar-refractivity contribution >= 4 is 15.7 Å². The monoisotopic (exact) mass is 253 g/mol. The highest BCUT2D eigenvalue weighted by atomic mass is 32.2. The molecule has 1 aromatic rings. The summed E-state index contributed by atoms with van der Waals surface area (Å²) < 4.78 is 25.4. The third kappa shape index (κ3) is 3.19. The number of sulfonamides is 1. The highest BCUT2D eigenvalue weighted by Crippen LogP contribution is 2.17. The molecule has 1 aromatic carbocycles. The van der Waals surface area contributed by atoms with Gasteiger partial charge in [0.05, 0.1) is 16.9 Å². The highest BCUT2D eigenvalue weighted by molar-refractivity contribution is 7.89. The average molecular weight is 253 g/mol. The van der Waals surface area contributed by atoms with Crippen LogP contribution in [0.2, 0.25) is 0 Å². The zero-order valence-electron chi connectivity index (χ0n) is 9.79. The molecule has 6 heteroatoms. The summed E-state index contributed by atoms with van der Waals surface area (Å²) >= 11 is 0. The Morgan fingerprint density at radius 2 is 2.18 bits per heavy atom. The summed E-state index contributed by atoms with van der Waals surface area (Å²) in [7, 11) is -2.11. The fourth-order valence-corrected chi connectivity index (χ4v) is 2.69. The Kier molecular flexibility index (Phi) is 4.10. The lowest BCUT2D eigenvalue weighted by Gasteiger charge is -2.18.